The van der Waals surface area contributed by atoms with E-state index in [4.69, 9.17) is 9.47 Å². The Morgan fingerprint density at radius 2 is 1.71 bits per heavy atom. The fourth-order valence-electron chi connectivity index (χ4n) is 3.60. The molecule has 0 spiro atoms. The molecule has 0 bridgehead atoms. The largest absolute Gasteiger partial charge is 0.497 e. The van der Waals surface area contributed by atoms with Gasteiger partial charge in [0.15, 0.2) is 0 Å². The van der Waals surface area contributed by atoms with Crippen molar-refractivity contribution in [2.45, 2.75) is 19.8 Å². The number of anilines is 2. The standard InChI is InChI=1S/C23H26N2O6/c1-3-31-23(29)16-10-12-25(13-11-16)20-9-6-17(22(27)28)14-19(20)24-21(26)15-4-7-18(30-2)8-5-15/h4-9,14,16H,3,10-13H2,1-2H3,(H,24,26)(H,27,28). The van der Waals surface area contributed by atoms with Gasteiger partial charge >= 0.3 is 11.9 Å². The molecular formula is C23H26N2O6. The Morgan fingerprint density at radius 3 is 2.29 bits per heavy atom. The van der Waals surface area contributed by atoms with Crippen molar-refractivity contribution in [3.05, 3.63) is 53.6 Å². The monoisotopic (exact) mass is 426 g/mol. The number of benzene rings is 2. The summed E-state index contributed by atoms with van der Waals surface area (Å²) in [5.74, 6) is -1.13. The summed E-state index contributed by atoms with van der Waals surface area (Å²) in [5, 5.41) is 12.2. The summed E-state index contributed by atoms with van der Waals surface area (Å²) in [5.41, 5.74) is 1.63. The minimum Gasteiger partial charge on any atom is -0.497 e. The van der Waals surface area contributed by atoms with E-state index in [0.717, 1.165) is 0 Å². The topological polar surface area (TPSA) is 105 Å². The van der Waals surface area contributed by atoms with Gasteiger partial charge in [0, 0.05) is 18.7 Å². The predicted molar refractivity (Wildman–Crippen MR) is 116 cm³/mol. The van der Waals surface area contributed by atoms with Crippen molar-refractivity contribution in [3.63, 3.8) is 0 Å². The minimum absolute atomic E-state index is 0.0789. The van der Waals surface area contributed by atoms with E-state index in [0.29, 0.717) is 55.2 Å². The number of amides is 1. The molecular weight excluding hydrogens is 400 g/mol. The molecule has 1 heterocycles. The van der Waals surface area contributed by atoms with Gasteiger partial charge in [-0.3, -0.25) is 9.59 Å². The second-order valence-corrected chi connectivity index (χ2v) is 7.23. The number of ether oxygens (including phenoxy) is 2. The molecule has 3 rings (SSSR count). The average molecular weight is 426 g/mol. The molecule has 1 aliphatic rings. The van der Waals surface area contributed by atoms with Gasteiger partial charge in [-0.15, -0.1) is 0 Å². The van der Waals surface area contributed by atoms with Gasteiger partial charge in [0.2, 0.25) is 0 Å². The van der Waals surface area contributed by atoms with Crippen molar-refractivity contribution in [1.82, 2.24) is 0 Å². The molecule has 2 N–H and O–H groups in total. The number of carbonyl (C=O) groups is 3. The number of carbonyl (C=O) groups excluding carboxylic acids is 2. The van der Waals surface area contributed by atoms with Gasteiger partial charge in [0.25, 0.3) is 5.91 Å². The number of esters is 1. The molecule has 0 aromatic heterocycles. The van der Waals surface area contributed by atoms with Crippen LogP contribution in [0.1, 0.15) is 40.5 Å². The predicted octanol–water partition coefficient (Wildman–Crippen LogP) is 3.43. The van der Waals surface area contributed by atoms with Crippen LogP contribution in [0.3, 0.4) is 0 Å². The lowest BCUT2D eigenvalue weighted by Gasteiger charge is -2.34. The number of carboxylic acid groups (broad SMARTS) is 1. The molecule has 0 radical (unpaired) electrons. The summed E-state index contributed by atoms with van der Waals surface area (Å²) in [6.07, 6.45) is 1.26. The molecule has 1 fully saturated rings. The normalized spacial score (nSPS) is 14.1. The van der Waals surface area contributed by atoms with Crippen LogP contribution in [-0.4, -0.2) is 49.8 Å². The molecule has 2 aromatic rings. The summed E-state index contributed by atoms with van der Waals surface area (Å²) >= 11 is 0. The van der Waals surface area contributed by atoms with E-state index in [-0.39, 0.29) is 23.4 Å². The van der Waals surface area contributed by atoms with Gasteiger partial charge in [-0.25, -0.2) is 4.79 Å². The fraction of sp³-hybridized carbons (Fsp3) is 0.348. The van der Waals surface area contributed by atoms with Gasteiger partial charge in [-0.05, 0) is 62.2 Å². The van der Waals surface area contributed by atoms with Crippen molar-refractivity contribution in [2.24, 2.45) is 5.92 Å². The molecule has 31 heavy (non-hydrogen) atoms. The molecule has 0 unspecified atom stereocenters. The molecule has 1 aliphatic heterocycles. The average Bonchev–Trinajstić information content (AvgIpc) is 2.79. The van der Waals surface area contributed by atoms with Crippen LogP contribution in [0.25, 0.3) is 0 Å². The number of nitrogens with zero attached hydrogens (tertiary/aromatic N) is 1. The molecule has 1 saturated heterocycles. The smallest absolute Gasteiger partial charge is 0.335 e. The number of carboxylic acids is 1. The highest BCUT2D eigenvalue weighted by Gasteiger charge is 2.27. The first-order valence-electron chi connectivity index (χ1n) is 10.2. The second-order valence-electron chi connectivity index (χ2n) is 7.23. The maximum Gasteiger partial charge on any atom is 0.335 e. The van der Waals surface area contributed by atoms with E-state index < -0.39 is 5.97 Å². The quantitative estimate of drug-likeness (QED) is 0.654. The Hall–Kier alpha value is -3.55. The zero-order chi connectivity index (χ0) is 22.4. The molecule has 8 nitrogen and oxygen atoms in total. The van der Waals surface area contributed by atoms with Crippen LogP contribution in [0.5, 0.6) is 5.75 Å². The van der Waals surface area contributed by atoms with E-state index in [9.17, 15) is 19.5 Å². The third-order valence-electron chi connectivity index (χ3n) is 5.30. The Kier molecular flexibility index (Phi) is 7.12. The van der Waals surface area contributed by atoms with E-state index in [1.54, 1.807) is 44.4 Å². The van der Waals surface area contributed by atoms with Crippen LogP contribution in [0.2, 0.25) is 0 Å². The Balaban J connectivity index is 1.80. The summed E-state index contributed by atoms with van der Waals surface area (Å²) in [4.78, 5) is 38.3. The third kappa shape index (κ3) is 5.33. The lowest BCUT2D eigenvalue weighted by molar-refractivity contribution is -0.148. The first-order valence-corrected chi connectivity index (χ1v) is 10.2. The molecule has 1 amide bonds. The number of rotatable bonds is 7. The molecule has 2 aromatic carbocycles. The van der Waals surface area contributed by atoms with Crippen LogP contribution in [-0.2, 0) is 9.53 Å². The highest BCUT2D eigenvalue weighted by molar-refractivity contribution is 6.06. The lowest BCUT2D eigenvalue weighted by Crippen LogP contribution is -2.37. The van der Waals surface area contributed by atoms with Crippen LogP contribution >= 0.6 is 0 Å². The summed E-state index contributed by atoms with van der Waals surface area (Å²) in [6.45, 7) is 3.34. The summed E-state index contributed by atoms with van der Waals surface area (Å²) in [6, 6.07) is 11.3. The van der Waals surface area contributed by atoms with Gasteiger partial charge in [0.1, 0.15) is 5.75 Å². The molecule has 0 saturated carbocycles. The zero-order valence-corrected chi connectivity index (χ0v) is 17.6. The van der Waals surface area contributed by atoms with Crippen LogP contribution < -0.4 is 15.0 Å². The lowest BCUT2D eigenvalue weighted by atomic mass is 9.96. The van der Waals surface area contributed by atoms with Crippen molar-refractivity contribution in [2.75, 3.05) is 37.0 Å². The maximum absolute atomic E-state index is 12.8. The molecule has 164 valence electrons. The Morgan fingerprint density at radius 1 is 1.06 bits per heavy atom. The number of nitrogens with one attached hydrogen (secondary N) is 1. The number of hydrogen-bond acceptors (Lipinski definition) is 6. The van der Waals surface area contributed by atoms with E-state index in [1.165, 1.54) is 12.1 Å². The highest BCUT2D eigenvalue weighted by Crippen LogP contribution is 2.32. The van der Waals surface area contributed by atoms with Crippen LogP contribution in [0, 0.1) is 5.92 Å². The van der Waals surface area contributed by atoms with Gasteiger partial charge < -0.3 is 24.8 Å². The zero-order valence-electron chi connectivity index (χ0n) is 17.6. The minimum atomic E-state index is -1.08. The van der Waals surface area contributed by atoms with Crippen molar-refractivity contribution < 1.29 is 29.0 Å². The van der Waals surface area contributed by atoms with Gasteiger partial charge in [-0.1, -0.05) is 0 Å². The fourth-order valence-corrected chi connectivity index (χ4v) is 3.60. The number of piperidine rings is 1. The van der Waals surface area contributed by atoms with Crippen LogP contribution in [0.15, 0.2) is 42.5 Å². The maximum atomic E-state index is 12.8. The first kappa shape index (κ1) is 22.1. The van der Waals surface area contributed by atoms with Crippen molar-refractivity contribution in [1.29, 1.82) is 0 Å². The van der Waals surface area contributed by atoms with E-state index in [1.807, 2.05) is 4.90 Å². The first-order chi connectivity index (χ1) is 14.9. The van der Waals surface area contributed by atoms with Crippen molar-refractivity contribution >= 4 is 29.2 Å². The number of methoxy groups -OCH3 is 1. The number of aromatic carboxylic acids is 1. The van der Waals surface area contributed by atoms with Crippen molar-refractivity contribution in [3.8, 4) is 5.75 Å². The number of hydrogen-bond donors (Lipinski definition) is 2. The van der Waals surface area contributed by atoms with Gasteiger partial charge in [-0.2, -0.15) is 0 Å². The molecule has 0 aliphatic carbocycles. The highest BCUT2D eigenvalue weighted by atomic mass is 16.5. The SMILES string of the molecule is CCOC(=O)C1CCN(c2ccc(C(=O)O)cc2NC(=O)c2ccc(OC)cc2)CC1. The third-order valence-corrected chi connectivity index (χ3v) is 5.30. The van der Waals surface area contributed by atoms with Crippen LogP contribution in [0.4, 0.5) is 11.4 Å². The van der Waals surface area contributed by atoms with E-state index >= 15 is 0 Å². The second kappa shape index (κ2) is 9.97. The Labute approximate surface area is 180 Å². The van der Waals surface area contributed by atoms with Gasteiger partial charge in [0.05, 0.1) is 36.6 Å². The summed E-state index contributed by atoms with van der Waals surface area (Å²) in [7, 11) is 1.55. The Bertz CT molecular complexity index is 949. The van der Waals surface area contributed by atoms with E-state index in [2.05, 4.69) is 5.32 Å². The molecule has 0 atom stereocenters. The summed E-state index contributed by atoms with van der Waals surface area (Å²) < 4.78 is 10.2. The molecule has 8 heteroatoms.